The van der Waals surface area contributed by atoms with Gasteiger partial charge >= 0.3 is 0 Å². The summed E-state index contributed by atoms with van der Waals surface area (Å²) in [6.07, 6.45) is 0. The molecule has 0 fully saturated rings. The monoisotopic (exact) mass is 347 g/mol. The second kappa shape index (κ2) is 6.30. The van der Waals surface area contributed by atoms with Gasteiger partial charge in [0.05, 0.1) is 11.4 Å². The summed E-state index contributed by atoms with van der Waals surface area (Å²) in [5.74, 6) is -0.392. The molecule has 124 valence electrons. The first kappa shape index (κ1) is 15.8. The molecule has 4 rings (SSSR count). The number of anilines is 2. The van der Waals surface area contributed by atoms with Gasteiger partial charge in [0.25, 0.3) is 0 Å². The van der Waals surface area contributed by atoms with Crippen molar-refractivity contribution >= 4 is 28.2 Å². The lowest BCUT2D eigenvalue weighted by Crippen LogP contribution is -2.26. The maximum Gasteiger partial charge on any atom is 0.248 e. The summed E-state index contributed by atoms with van der Waals surface area (Å²) in [5, 5.41) is 0. The van der Waals surface area contributed by atoms with Gasteiger partial charge in [-0.05, 0) is 55.5 Å². The molecule has 1 heterocycles. The topological polar surface area (TPSA) is 46.3 Å². The number of primary amides is 1. The van der Waals surface area contributed by atoms with E-state index in [9.17, 15) is 4.79 Å². The highest BCUT2D eigenvalue weighted by Crippen LogP contribution is 2.47. The van der Waals surface area contributed by atoms with Gasteiger partial charge in [0, 0.05) is 12.1 Å². The highest BCUT2D eigenvalue weighted by atomic mass is 32.2. The van der Waals surface area contributed by atoms with Gasteiger partial charge in [-0.2, -0.15) is 0 Å². The van der Waals surface area contributed by atoms with Crippen LogP contribution in [0.2, 0.25) is 0 Å². The minimum atomic E-state index is -0.392. The summed E-state index contributed by atoms with van der Waals surface area (Å²) in [5.41, 5.74) is 8.44. The third-order valence-corrected chi connectivity index (χ3v) is 6.76. The normalized spacial score (nSPS) is 13.2. The zero-order valence-electron chi connectivity index (χ0n) is 14.0. The Bertz CT molecular complexity index is 889. The minimum Gasteiger partial charge on any atom is -0.366 e. The van der Waals surface area contributed by atoms with Gasteiger partial charge in [-0.1, -0.05) is 24.3 Å². The van der Waals surface area contributed by atoms with Crippen molar-refractivity contribution in [2.75, 3.05) is 11.4 Å². The molecule has 0 saturated heterocycles. The van der Waals surface area contributed by atoms with Gasteiger partial charge in [-0.15, -0.1) is 0 Å². The molecule has 0 atom stereocenters. The largest absolute Gasteiger partial charge is 0.366 e. The fourth-order valence-corrected chi connectivity index (χ4v) is 5.66. The second-order valence-corrected chi connectivity index (χ2v) is 7.84. The molecule has 0 radical (unpaired) electrons. The molecule has 0 aliphatic carbocycles. The Hall–Kier alpha value is -2.72. The summed E-state index contributed by atoms with van der Waals surface area (Å²) in [4.78, 5) is 17.6. The molecular weight excluding hydrogens is 328 g/mol. The van der Waals surface area contributed by atoms with Crippen molar-refractivity contribution in [1.29, 1.82) is 0 Å². The van der Waals surface area contributed by atoms with Crippen LogP contribution in [0.3, 0.4) is 0 Å². The van der Waals surface area contributed by atoms with Crippen LogP contribution >= 0.6 is 0 Å². The van der Waals surface area contributed by atoms with E-state index in [1.165, 1.54) is 26.1 Å². The van der Waals surface area contributed by atoms with Crippen LogP contribution in [-0.4, -0.2) is 12.5 Å². The molecule has 1 aliphatic heterocycles. The molecule has 3 aromatic rings. The maximum absolute atomic E-state index is 11.4. The van der Waals surface area contributed by atoms with Crippen molar-refractivity contribution in [3.8, 4) is 0 Å². The molecule has 0 aromatic heterocycles. The van der Waals surface area contributed by atoms with Crippen LogP contribution in [0.5, 0.6) is 0 Å². The Kier molecular flexibility index (Phi) is 3.98. The number of benzene rings is 3. The second-order valence-electron chi connectivity index (χ2n) is 5.87. The Morgan fingerprint density at radius 3 is 1.88 bits per heavy atom. The summed E-state index contributed by atoms with van der Waals surface area (Å²) in [6.45, 7) is 3.10. The Morgan fingerprint density at radius 1 is 0.880 bits per heavy atom. The fraction of sp³-hybridized carbons (Fsp3) is 0.0952. The number of para-hydroxylation sites is 2. The van der Waals surface area contributed by atoms with E-state index in [0.29, 0.717) is 5.56 Å². The Morgan fingerprint density at radius 2 is 1.40 bits per heavy atom. The molecule has 0 saturated carbocycles. The predicted molar refractivity (Wildman–Crippen MR) is 103 cm³/mol. The van der Waals surface area contributed by atoms with Crippen molar-refractivity contribution < 1.29 is 4.79 Å². The van der Waals surface area contributed by atoms with E-state index < -0.39 is 5.91 Å². The van der Waals surface area contributed by atoms with E-state index in [1.807, 2.05) is 24.3 Å². The standard InChI is InChI=1S/C21H18N2OS/c1-2-23-17-7-3-5-9-19(17)25(20-10-6-4-8-18(20)23)16-13-11-15(12-14-16)21(22)24/h3-14H,2H2,1H3,(H-,22,24)/p+1. The first-order valence-electron chi connectivity index (χ1n) is 8.30. The van der Waals surface area contributed by atoms with Gasteiger partial charge in [0.2, 0.25) is 5.91 Å². The van der Waals surface area contributed by atoms with E-state index >= 15 is 0 Å². The van der Waals surface area contributed by atoms with Gasteiger partial charge in [-0.3, -0.25) is 4.79 Å². The smallest absolute Gasteiger partial charge is 0.248 e. The number of fused-ring (bicyclic) bond motifs is 2. The van der Waals surface area contributed by atoms with Crippen LogP contribution in [0.1, 0.15) is 17.3 Å². The lowest BCUT2D eigenvalue weighted by Gasteiger charge is -2.30. The number of nitrogens with two attached hydrogens (primary N) is 1. The molecule has 0 spiro atoms. The van der Waals surface area contributed by atoms with Crippen molar-refractivity contribution in [1.82, 2.24) is 0 Å². The number of hydrogen-bond donors (Lipinski definition) is 1. The minimum absolute atomic E-state index is 0.195. The fourth-order valence-electron chi connectivity index (χ4n) is 3.30. The number of rotatable bonds is 3. The highest BCUT2D eigenvalue weighted by molar-refractivity contribution is 7.97. The van der Waals surface area contributed by atoms with Gasteiger partial charge in [0.1, 0.15) is 10.9 Å². The number of amides is 1. The summed E-state index contributed by atoms with van der Waals surface area (Å²) in [7, 11) is -0.195. The third-order valence-electron chi connectivity index (χ3n) is 4.44. The van der Waals surface area contributed by atoms with Crippen molar-refractivity contribution in [2.24, 2.45) is 5.73 Å². The summed E-state index contributed by atoms with van der Waals surface area (Å²) in [6, 6.07) is 24.9. The number of nitrogens with zero attached hydrogens (tertiary/aromatic N) is 1. The summed E-state index contributed by atoms with van der Waals surface area (Å²) >= 11 is 0. The Labute approximate surface area is 150 Å². The molecule has 3 nitrogen and oxygen atoms in total. The lowest BCUT2D eigenvalue weighted by atomic mass is 10.2. The van der Waals surface area contributed by atoms with Crippen molar-refractivity contribution in [2.45, 2.75) is 21.6 Å². The van der Waals surface area contributed by atoms with E-state index in [2.05, 4.69) is 60.4 Å². The molecular formula is C21H19N2OS+. The van der Waals surface area contributed by atoms with Gasteiger partial charge < -0.3 is 10.6 Å². The average Bonchev–Trinajstić information content (AvgIpc) is 2.66. The van der Waals surface area contributed by atoms with E-state index in [4.69, 9.17) is 5.73 Å². The number of carbonyl (C=O) groups is 1. The molecule has 0 bridgehead atoms. The van der Waals surface area contributed by atoms with E-state index in [-0.39, 0.29) is 10.9 Å². The van der Waals surface area contributed by atoms with Crippen LogP contribution < -0.4 is 10.6 Å². The molecule has 0 unspecified atom stereocenters. The van der Waals surface area contributed by atoms with Crippen LogP contribution in [0.25, 0.3) is 0 Å². The molecule has 2 N–H and O–H groups in total. The maximum atomic E-state index is 11.4. The van der Waals surface area contributed by atoms with E-state index in [0.717, 1.165) is 6.54 Å². The van der Waals surface area contributed by atoms with Crippen molar-refractivity contribution in [3.63, 3.8) is 0 Å². The highest BCUT2D eigenvalue weighted by Gasteiger charge is 2.40. The van der Waals surface area contributed by atoms with Crippen molar-refractivity contribution in [3.05, 3.63) is 78.4 Å². The molecule has 1 aliphatic rings. The number of carbonyl (C=O) groups excluding carboxylic acids is 1. The first-order chi connectivity index (χ1) is 12.2. The molecule has 3 aromatic carbocycles. The molecule has 25 heavy (non-hydrogen) atoms. The SMILES string of the molecule is CCN1c2ccccc2[S+](c2ccc(C(N)=O)cc2)c2ccccc21. The molecule has 4 heteroatoms. The Balaban J connectivity index is 1.92. The zero-order chi connectivity index (χ0) is 17.4. The van der Waals surface area contributed by atoms with Gasteiger partial charge in [-0.25, -0.2) is 0 Å². The zero-order valence-corrected chi connectivity index (χ0v) is 14.8. The summed E-state index contributed by atoms with van der Waals surface area (Å²) < 4.78 is 0. The lowest BCUT2D eigenvalue weighted by molar-refractivity contribution is 0.1000. The van der Waals surface area contributed by atoms with Crippen LogP contribution in [0, 0.1) is 0 Å². The molecule has 1 amide bonds. The van der Waals surface area contributed by atoms with E-state index in [1.54, 1.807) is 0 Å². The predicted octanol–water partition coefficient (Wildman–Crippen LogP) is 4.35. The first-order valence-corrected chi connectivity index (χ1v) is 9.53. The third kappa shape index (κ3) is 2.59. The van der Waals surface area contributed by atoms with Crippen LogP contribution in [-0.2, 0) is 10.9 Å². The quantitative estimate of drug-likeness (QED) is 0.716. The van der Waals surface area contributed by atoms with Gasteiger partial charge in [0.15, 0.2) is 14.7 Å². The number of hydrogen-bond acceptors (Lipinski definition) is 2. The van der Waals surface area contributed by atoms with Crippen LogP contribution in [0.15, 0.2) is 87.5 Å². The average molecular weight is 347 g/mol. The van der Waals surface area contributed by atoms with Crippen LogP contribution in [0.4, 0.5) is 11.4 Å².